The van der Waals surface area contributed by atoms with Crippen molar-refractivity contribution < 1.29 is 14.7 Å². The van der Waals surface area contributed by atoms with Crippen molar-refractivity contribution in [2.24, 2.45) is 0 Å². The number of hydrogen-bond donors (Lipinski definition) is 3. The van der Waals surface area contributed by atoms with E-state index in [9.17, 15) is 9.59 Å². The molecule has 0 aliphatic carbocycles. The van der Waals surface area contributed by atoms with Crippen LogP contribution in [0, 0.1) is 6.92 Å². The van der Waals surface area contributed by atoms with Gasteiger partial charge in [0.05, 0.1) is 16.4 Å². The number of nitrogens with zero attached hydrogens (tertiary/aromatic N) is 2. The largest absolute Gasteiger partial charge is 0.476 e. The van der Waals surface area contributed by atoms with E-state index in [2.05, 4.69) is 20.6 Å². The maximum absolute atomic E-state index is 11.7. The van der Waals surface area contributed by atoms with Crippen molar-refractivity contribution in [1.82, 2.24) is 15.3 Å². The number of anilines is 1. The van der Waals surface area contributed by atoms with Crippen LogP contribution in [-0.2, 0) is 6.42 Å². The molecule has 7 nitrogen and oxygen atoms in total. The number of carboxylic acids is 1. The fourth-order valence-corrected chi connectivity index (χ4v) is 2.36. The van der Waals surface area contributed by atoms with Crippen LogP contribution in [0.5, 0.6) is 0 Å². The Morgan fingerprint density at radius 2 is 2.24 bits per heavy atom. The molecule has 2 aromatic heterocycles. The summed E-state index contributed by atoms with van der Waals surface area (Å²) in [5.41, 5.74) is 1.42. The van der Waals surface area contributed by atoms with Gasteiger partial charge >= 0.3 is 12.0 Å². The number of rotatable bonds is 5. The van der Waals surface area contributed by atoms with E-state index in [1.165, 1.54) is 16.7 Å². The van der Waals surface area contributed by atoms with Gasteiger partial charge in [-0.25, -0.2) is 14.6 Å². The molecule has 0 saturated carbocycles. The van der Waals surface area contributed by atoms with Gasteiger partial charge in [0.25, 0.3) is 0 Å². The minimum atomic E-state index is -1.05. The lowest BCUT2D eigenvalue weighted by Gasteiger charge is -2.08. The zero-order valence-electron chi connectivity index (χ0n) is 11.3. The highest BCUT2D eigenvalue weighted by molar-refractivity contribution is 7.09. The van der Waals surface area contributed by atoms with Crippen molar-refractivity contribution in [3.63, 3.8) is 0 Å². The number of aryl methyl sites for hydroxylation is 1. The van der Waals surface area contributed by atoms with E-state index in [0.717, 1.165) is 5.69 Å². The lowest BCUT2D eigenvalue weighted by Crippen LogP contribution is -2.30. The molecule has 0 unspecified atom stereocenters. The number of pyridine rings is 1. The second-order valence-electron chi connectivity index (χ2n) is 4.20. The normalized spacial score (nSPS) is 10.1. The first-order valence-electron chi connectivity index (χ1n) is 6.20. The van der Waals surface area contributed by atoms with Gasteiger partial charge in [0.15, 0.2) is 5.69 Å². The molecule has 3 N–H and O–H groups in total. The number of carbonyl (C=O) groups is 2. The molecule has 2 aromatic rings. The second kappa shape index (κ2) is 6.80. The Morgan fingerprint density at radius 1 is 1.43 bits per heavy atom. The molecule has 0 aromatic carbocycles. The molecule has 0 saturated heterocycles. The summed E-state index contributed by atoms with van der Waals surface area (Å²) in [4.78, 5) is 30.4. The molecule has 0 fully saturated rings. The average Bonchev–Trinajstić information content (AvgIpc) is 2.90. The Hall–Kier alpha value is -2.48. The summed E-state index contributed by atoms with van der Waals surface area (Å²) in [6.07, 6.45) is 2.14. The van der Waals surface area contributed by atoms with Gasteiger partial charge < -0.3 is 15.7 Å². The third kappa shape index (κ3) is 4.25. The number of urea groups is 1. The van der Waals surface area contributed by atoms with Crippen molar-refractivity contribution in [1.29, 1.82) is 0 Å². The van der Waals surface area contributed by atoms with Crippen molar-refractivity contribution in [3.05, 3.63) is 40.1 Å². The molecular formula is C13H14N4O3S. The quantitative estimate of drug-likeness (QED) is 0.782. The molecule has 110 valence electrons. The zero-order valence-corrected chi connectivity index (χ0v) is 12.1. The Labute approximate surface area is 125 Å². The molecule has 0 atom stereocenters. The van der Waals surface area contributed by atoms with Gasteiger partial charge in [0.1, 0.15) is 0 Å². The number of carboxylic acid groups (broad SMARTS) is 1. The Balaban J connectivity index is 1.79. The maximum atomic E-state index is 11.7. The lowest BCUT2D eigenvalue weighted by atomic mass is 10.3. The molecule has 0 bridgehead atoms. The number of aromatic nitrogens is 2. The molecule has 2 rings (SSSR count). The van der Waals surface area contributed by atoms with Gasteiger partial charge in [-0.15, -0.1) is 11.3 Å². The van der Waals surface area contributed by atoms with Gasteiger partial charge in [-0.3, -0.25) is 4.98 Å². The van der Waals surface area contributed by atoms with Crippen LogP contribution >= 0.6 is 11.3 Å². The van der Waals surface area contributed by atoms with Gasteiger partial charge in [0.2, 0.25) is 0 Å². The number of nitrogens with one attached hydrogen (secondary N) is 2. The highest BCUT2D eigenvalue weighted by Crippen LogP contribution is 2.11. The number of amides is 2. The van der Waals surface area contributed by atoms with E-state index < -0.39 is 5.97 Å². The van der Waals surface area contributed by atoms with Crippen molar-refractivity contribution in [2.75, 3.05) is 11.9 Å². The van der Waals surface area contributed by atoms with Crippen molar-refractivity contribution in [2.45, 2.75) is 13.3 Å². The molecule has 2 heterocycles. The summed E-state index contributed by atoms with van der Waals surface area (Å²) >= 11 is 1.26. The summed E-state index contributed by atoms with van der Waals surface area (Å²) < 4.78 is 0. The molecule has 0 spiro atoms. The number of carbonyl (C=O) groups excluding carboxylic acids is 1. The number of thiazole rings is 1. The monoisotopic (exact) mass is 306 g/mol. The summed E-state index contributed by atoms with van der Waals surface area (Å²) in [5.74, 6) is -1.05. The number of aromatic carboxylic acids is 1. The summed E-state index contributed by atoms with van der Waals surface area (Å²) in [6.45, 7) is 2.18. The average molecular weight is 306 g/mol. The predicted molar refractivity (Wildman–Crippen MR) is 78.8 cm³/mol. The Kier molecular flexibility index (Phi) is 4.83. The van der Waals surface area contributed by atoms with E-state index in [1.54, 1.807) is 25.3 Å². The van der Waals surface area contributed by atoms with Crippen LogP contribution < -0.4 is 10.6 Å². The van der Waals surface area contributed by atoms with E-state index in [-0.39, 0.29) is 11.7 Å². The second-order valence-corrected chi connectivity index (χ2v) is 5.14. The minimum Gasteiger partial charge on any atom is -0.476 e. The Bertz CT molecular complexity index is 656. The smallest absolute Gasteiger partial charge is 0.355 e. The molecule has 0 radical (unpaired) electrons. The van der Waals surface area contributed by atoms with E-state index in [1.807, 2.05) is 0 Å². The van der Waals surface area contributed by atoms with Gasteiger partial charge in [-0.1, -0.05) is 0 Å². The zero-order chi connectivity index (χ0) is 15.2. The van der Waals surface area contributed by atoms with E-state index >= 15 is 0 Å². The van der Waals surface area contributed by atoms with Crippen LogP contribution in [0.15, 0.2) is 23.7 Å². The van der Waals surface area contributed by atoms with Crippen LogP contribution in [0.2, 0.25) is 0 Å². The summed E-state index contributed by atoms with van der Waals surface area (Å²) in [7, 11) is 0. The number of hydrogen-bond acceptors (Lipinski definition) is 5. The molecule has 0 aliphatic heterocycles. The van der Waals surface area contributed by atoms with Crippen LogP contribution in [0.1, 0.15) is 21.2 Å². The van der Waals surface area contributed by atoms with E-state index in [0.29, 0.717) is 23.7 Å². The van der Waals surface area contributed by atoms with Gasteiger partial charge in [-0.05, 0) is 19.1 Å². The topological polar surface area (TPSA) is 104 Å². The van der Waals surface area contributed by atoms with E-state index in [4.69, 9.17) is 5.11 Å². The van der Waals surface area contributed by atoms with Crippen molar-refractivity contribution in [3.8, 4) is 0 Å². The first-order valence-corrected chi connectivity index (χ1v) is 7.08. The lowest BCUT2D eigenvalue weighted by molar-refractivity contribution is 0.0691. The molecule has 0 aliphatic rings. The van der Waals surface area contributed by atoms with Crippen LogP contribution in [0.4, 0.5) is 10.5 Å². The molecule has 21 heavy (non-hydrogen) atoms. The molecule has 2 amide bonds. The van der Waals surface area contributed by atoms with Gasteiger partial charge in [-0.2, -0.15) is 0 Å². The third-order valence-electron chi connectivity index (χ3n) is 2.65. The van der Waals surface area contributed by atoms with Crippen LogP contribution in [-0.4, -0.2) is 33.6 Å². The van der Waals surface area contributed by atoms with Crippen LogP contribution in [0.25, 0.3) is 0 Å². The fourth-order valence-electron chi connectivity index (χ4n) is 1.59. The standard InChI is InChI=1S/C13H14N4O3S/c1-8-9(3-2-5-14-8)17-13(20)15-6-4-11-16-10(7-21-11)12(18)19/h2-3,5,7H,4,6H2,1H3,(H,18,19)(H2,15,17,20). The Morgan fingerprint density at radius 3 is 2.90 bits per heavy atom. The summed E-state index contributed by atoms with van der Waals surface area (Å²) in [5, 5.41) is 16.3. The summed E-state index contributed by atoms with van der Waals surface area (Å²) in [6, 6.07) is 3.18. The maximum Gasteiger partial charge on any atom is 0.355 e. The highest BCUT2D eigenvalue weighted by Gasteiger charge is 2.09. The van der Waals surface area contributed by atoms with Crippen molar-refractivity contribution >= 4 is 29.0 Å². The molecule has 8 heteroatoms. The van der Waals surface area contributed by atoms with Gasteiger partial charge in [0, 0.05) is 24.5 Å². The predicted octanol–water partition coefficient (Wildman–Crippen LogP) is 1.91. The SMILES string of the molecule is Cc1ncccc1NC(=O)NCCc1nc(C(=O)O)cs1. The highest BCUT2D eigenvalue weighted by atomic mass is 32.1. The third-order valence-corrected chi connectivity index (χ3v) is 3.56. The first kappa shape index (κ1) is 14.9. The first-order chi connectivity index (χ1) is 10.1. The minimum absolute atomic E-state index is 0.0328. The fraction of sp³-hybridized carbons (Fsp3) is 0.231. The molecular weight excluding hydrogens is 292 g/mol. The van der Waals surface area contributed by atoms with Crippen LogP contribution in [0.3, 0.4) is 0 Å².